The Balaban J connectivity index is 0. The van der Waals surface area contributed by atoms with Gasteiger partial charge in [0.2, 0.25) is 0 Å². The number of halogens is 2. The van der Waals surface area contributed by atoms with Crippen LogP contribution in [0.15, 0.2) is 12.1 Å². The van der Waals surface area contributed by atoms with Gasteiger partial charge in [-0.3, -0.25) is 10.1 Å². The summed E-state index contributed by atoms with van der Waals surface area (Å²) in [5, 5.41) is 10.3. The molecule has 0 atom stereocenters. The standard InChI is InChI=1S/C8H7ClFNO2.C3H8.C2H6/c1-2-5-3-6(9)8(11(12)13)4-7(5)10;1-3-2;1-2/h3-4H,2H2,1H3;3H2,1-2H3;1-2H3. The third-order valence-electron chi connectivity index (χ3n) is 1.69. The smallest absolute Gasteiger partial charge is 0.258 e. The van der Waals surface area contributed by atoms with E-state index < -0.39 is 16.4 Å². The molecule has 0 fully saturated rings. The van der Waals surface area contributed by atoms with E-state index in [0.29, 0.717) is 12.0 Å². The van der Waals surface area contributed by atoms with Crippen LogP contribution in [0.3, 0.4) is 0 Å². The summed E-state index contributed by atoms with van der Waals surface area (Å²) in [6.45, 7) is 10.0. The van der Waals surface area contributed by atoms with Crippen molar-refractivity contribution < 1.29 is 9.31 Å². The fourth-order valence-corrected chi connectivity index (χ4v) is 1.24. The summed E-state index contributed by atoms with van der Waals surface area (Å²) in [4.78, 5) is 9.62. The van der Waals surface area contributed by atoms with Crippen molar-refractivity contribution in [1.29, 1.82) is 0 Å². The Kier molecular flexibility index (Phi) is 11.7. The Bertz CT molecular complexity index is 370. The molecule has 0 aliphatic rings. The van der Waals surface area contributed by atoms with Crippen LogP contribution < -0.4 is 0 Å². The lowest BCUT2D eigenvalue weighted by Gasteiger charge is -2.00. The average molecular weight is 278 g/mol. The van der Waals surface area contributed by atoms with Gasteiger partial charge in [0.05, 0.1) is 11.0 Å². The number of nitrogens with zero attached hydrogens (tertiary/aromatic N) is 1. The van der Waals surface area contributed by atoms with E-state index in [-0.39, 0.29) is 5.02 Å². The summed E-state index contributed by atoms with van der Waals surface area (Å²) in [6.07, 6.45) is 1.71. The highest BCUT2D eigenvalue weighted by atomic mass is 35.5. The molecule has 1 rings (SSSR count). The van der Waals surface area contributed by atoms with Crippen molar-refractivity contribution in [2.45, 2.75) is 47.5 Å². The first-order chi connectivity index (χ1) is 8.47. The zero-order valence-corrected chi connectivity index (χ0v) is 12.3. The van der Waals surface area contributed by atoms with Gasteiger partial charge in [-0.25, -0.2) is 4.39 Å². The van der Waals surface area contributed by atoms with Crippen LogP contribution in [-0.4, -0.2) is 4.92 Å². The van der Waals surface area contributed by atoms with E-state index in [1.54, 1.807) is 6.92 Å². The van der Waals surface area contributed by atoms with Crippen LogP contribution in [0, 0.1) is 15.9 Å². The second kappa shape index (κ2) is 11.0. The Hall–Kier alpha value is -1.16. The Labute approximate surface area is 113 Å². The SMILES string of the molecule is CC.CCC.CCc1cc(Cl)c([N+](=O)[O-])cc1F. The average Bonchev–Trinajstić information content (AvgIpc) is 2.34. The van der Waals surface area contributed by atoms with Crippen LogP contribution in [0.2, 0.25) is 5.02 Å². The molecule has 0 saturated heterocycles. The van der Waals surface area contributed by atoms with Crippen molar-refractivity contribution in [2.75, 3.05) is 0 Å². The topological polar surface area (TPSA) is 43.1 Å². The van der Waals surface area contributed by atoms with Crippen molar-refractivity contribution in [3.63, 3.8) is 0 Å². The third kappa shape index (κ3) is 6.55. The Morgan fingerprint density at radius 1 is 1.28 bits per heavy atom. The fourth-order valence-electron chi connectivity index (χ4n) is 0.988. The lowest BCUT2D eigenvalue weighted by Crippen LogP contribution is -1.94. The molecule has 0 saturated carbocycles. The fraction of sp³-hybridized carbons (Fsp3) is 0.538. The van der Waals surface area contributed by atoms with Crippen LogP contribution >= 0.6 is 11.6 Å². The molecular formula is C13H21ClFNO2. The minimum absolute atomic E-state index is 0.0248. The predicted molar refractivity (Wildman–Crippen MR) is 74.8 cm³/mol. The maximum absolute atomic E-state index is 13.0. The van der Waals surface area contributed by atoms with Crippen molar-refractivity contribution in [3.05, 3.63) is 38.7 Å². The Morgan fingerprint density at radius 2 is 1.72 bits per heavy atom. The highest BCUT2D eigenvalue weighted by Crippen LogP contribution is 2.27. The van der Waals surface area contributed by atoms with Gasteiger partial charge < -0.3 is 0 Å². The number of hydrogen-bond acceptors (Lipinski definition) is 2. The summed E-state index contributed by atoms with van der Waals surface area (Å²) in [5.74, 6) is -0.585. The molecule has 0 spiro atoms. The molecule has 104 valence electrons. The van der Waals surface area contributed by atoms with Gasteiger partial charge in [-0.1, -0.05) is 52.6 Å². The zero-order valence-electron chi connectivity index (χ0n) is 11.6. The molecule has 0 unspecified atom stereocenters. The summed E-state index contributed by atoms with van der Waals surface area (Å²) in [7, 11) is 0. The lowest BCUT2D eigenvalue weighted by molar-refractivity contribution is -0.384. The predicted octanol–water partition coefficient (Wildman–Crippen LogP) is 5.39. The molecule has 0 radical (unpaired) electrons. The monoisotopic (exact) mass is 277 g/mol. The van der Waals surface area contributed by atoms with Gasteiger partial charge in [0.1, 0.15) is 10.8 Å². The first kappa shape index (κ1) is 19.2. The lowest BCUT2D eigenvalue weighted by atomic mass is 10.1. The van der Waals surface area contributed by atoms with Crippen molar-refractivity contribution >= 4 is 17.3 Å². The van der Waals surface area contributed by atoms with E-state index >= 15 is 0 Å². The van der Waals surface area contributed by atoms with Crippen LogP contribution in [0.5, 0.6) is 0 Å². The molecular weight excluding hydrogens is 257 g/mol. The van der Waals surface area contributed by atoms with Crippen LogP contribution in [0.4, 0.5) is 10.1 Å². The molecule has 0 aliphatic heterocycles. The van der Waals surface area contributed by atoms with Gasteiger partial charge in [-0.15, -0.1) is 0 Å². The maximum Gasteiger partial charge on any atom is 0.290 e. The molecule has 3 nitrogen and oxygen atoms in total. The number of nitro benzene ring substituents is 1. The van der Waals surface area contributed by atoms with Gasteiger partial charge in [0.15, 0.2) is 0 Å². The molecule has 5 heteroatoms. The molecule has 0 bridgehead atoms. The summed E-state index contributed by atoms with van der Waals surface area (Å²) in [6, 6.07) is 2.14. The van der Waals surface area contributed by atoms with Gasteiger partial charge in [-0.05, 0) is 18.1 Å². The van der Waals surface area contributed by atoms with Gasteiger partial charge in [0, 0.05) is 0 Å². The maximum atomic E-state index is 13.0. The minimum atomic E-state index is -0.704. The molecule has 0 aromatic heterocycles. The molecule has 0 amide bonds. The number of hydrogen-bond donors (Lipinski definition) is 0. The number of aryl methyl sites for hydroxylation is 1. The Morgan fingerprint density at radius 3 is 2.06 bits per heavy atom. The van der Waals surface area contributed by atoms with Crippen molar-refractivity contribution in [3.8, 4) is 0 Å². The summed E-state index contributed by atoms with van der Waals surface area (Å²) >= 11 is 5.57. The van der Waals surface area contributed by atoms with E-state index in [1.807, 2.05) is 13.8 Å². The second-order valence-electron chi connectivity index (χ2n) is 3.21. The van der Waals surface area contributed by atoms with Gasteiger partial charge in [0.25, 0.3) is 5.69 Å². The van der Waals surface area contributed by atoms with Gasteiger partial charge >= 0.3 is 0 Å². The van der Waals surface area contributed by atoms with E-state index in [2.05, 4.69) is 13.8 Å². The first-order valence-electron chi connectivity index (χ1n) is 6.10. The number of rotatable bonds is 2. The molecule has 0 N–H and O–H groups in total. The number of benzene rings is 1. The van der Waals surface area contributed by atoms with E-state index in [4.69, 9.17) is 11.6 Å². The van der Waals surface area contributed by atoms with Crippen molar-refractivity contribution in [2.24, 2.45) is 0 Å². The van der Waals surface area contributed by atoms with Crippen molar-refractivity contribution in [1.82, 2.24) is 0 Å². The zero-order chi connectivity index (χ0) is 14.7. The largest absolute Gasteiger partial charge is 0.290 e. The highest BCUT2D eigenvalue weighted by Gasteiger charge is 2.15. The molecule has 1 aromatic rings. The third-order valence-corrected chi connectivity index (χ3v) is 2.00. The van der Waals surface area contributed by atoms with Crippen LogP contribution in [0.1, 0.15) is 46.6 Å². The van der Waals surface area contributed by atoms with Crippen LogP contribution in [-0.2, 0) is 6.42 Å². The normalized spacial score (nSPS) is 8.61. The van der Waals surface area contributed by atoms with Gasteiger partial charge in [-0.2, -0.15) is 0 Å². The van der Waals surface area contributed by atoms with E-state index in [0.717, 1.165) is 6.07 Å². The highest BCUT2D eigenvalue weighted by molar-refractivity contribution is 6.32. The summed E-state index contributed by atoms with van der Waals surface area (Å²) < 4.78 is 13.0. The molecule has 1 aromatic carbocycles. The molecule has 0 aliphatic carbocycles. The second-order valence-corrected chi connectivity index (χ2v) is 3.62. The van der Waals surface area contributed by atoms with E-state index in [1.165, 1.54) is 12.5 Å². The van der Waals surface area contributed by atoms with Crippen LogP contribution in [0.25, 0.3) is 0 Å². The quantitative estimate of drug-likeness (QED) is 0.537. The van der Waals surface area contributed by atoms with E-state index in [9.17, 15) is 14.5 Å². The minimum Gasteiger partial charge on any atom is -0.258 e. The molecule has 0 heterocycles. The summed E-state index contributed by atoms with van der Waals surface area (Å²) in [5.41, 5.74) is -0.00744. The first-order valence-corrected chi connectivity index (χ1v) is 6.47. The molecule has 18 heavy (non-hydrogen) atoms. The number of nitro groups is 1.